The molecule has 1 N–H and O–H groups in total. The molecule has 0 saturated heterocycles. The van der Waals surface area contributed by atoms with Crippen LogP contribution in [-0.4, -0.2) is 54.9 Å². The highest BCUT2D eigenvalue weighted by atomic mass is 32.2. The van der Waals surface area contributed by atoms with Gasteiger partial charge >= 0.3 is 21.7 Å². The molecule has 118 valence electrons. The van der Waals surface area contributed by atoms with Crippen LogP contribution in [0.25, 0.3) is 0 Å². The highest BCUT2D eigenvalue weighted by Crippen LogP contribution is 2.26. The van der Waals surface area contributed by atoms with Crippen molar-refractivity contribution < 1.29 is 30.9 Å². The molecule has 1 heterocycles. The fourth-order valence-electron chi connectivity index (χ4n) is 1.52. The lowest BCUT2D eigenvalue weighted by Gasteiger charge is -2.18. The first kappa shape index (κ1) is 17.2. The average molecular weight is 326 g/mol. The molecule has 6 nitrogen and oxygen atoms in total. The highest BCUT2D eigenvalue weighted by molar-refractivity contribution is 7.86. The molecule has 0 saturated carbocycles. The number of hydrogen-bond acceptors (Lipinski definition) is 3. The predicted molar refractivity (Wildman–Crippen MR) is 68.7 cm³/mol. The van der Waals surface area contributed by atoms with Gasteiger partial charge in [0.15, 0.2) is 0 Å². The van der Waals surface area contributed by atoms with Crippen LogP contribution in [0, 0.1) is 0 Å². The summed E-state index contributed by atoms with van der Waals surface area (Å²) in [4.78, 5) is 14.8. The van der Waals surface area contributed by atoms with Crippen LogP contribution in [-0.2, 0) is 10.1 Å². The molecule has 21 heavy (non-hydrogen) atoms. The van der Waals surface area contributed by atoms with Crippen LogP contribution in [0.15, 0.2) is 35.6 Å². The first-order valence-corrected chi connectivity index (χ1v) is 6.98. The Bertz CT molecular complexity index is 618. The fraction of sp³-hybridized carbons (Fsp3) is 0.364. The molecule has 0 aromatic heterocycles. The molecular weight excluding hydrogens is 313 g/mol. The van der Waals surface area contributed by atoms with Gasteiger partial charge in [0.25, 0.3) is 0 Å². The number of hydrogen-bond donors (Lipinski definition) is 1. The van der Waals surface area contributed by atoms with E-state index in [0.717, 1.165) is 5.57 Å². The smallest absolute Gasteiger partial charge is 0.330 e. The molecule has 0 aromatic rings. The number of amides is 2. The molecule has 1 aliphatic carbocycles. The van der Waals surface area contributed by atoms with Crippen LogP contribution in [0.3, 0.4) is 0 Å². The van der Waals surface area contributed by atoms with Crippen LogP contribution >= 0.6 is 0 Å². The van der Waals surface area contributed by atoms with Crippen molar-refractivity contribution in [1.82, 2.24) is 9.80 Å². The summed E-state index contributed by atoms with van der Waals surface area (Å²) < 4.78 is 57.5. The summed E-state index contributed by atoms with van der Waals surface area (Å²) in [7, 11) is -2.31. The maximum Gasteiger partial charge on any atom is 0.522 e. The van der Waals surface area contributed by atoms with Crippen LogP contribution in [0.2, 0.25) is 0 Å². The Morgan fingerprint density at radius 3 is 2.29 bits per heavy atom. The minimum Gasteiger partial charge on any atom is -0.330 e. The van der Waals surface area contributed by atoms with E-state index in [9.17, 15) is 18.0 Å². The minimum atomic E-state index is -5.84. The molecular formula is C11H13F3N2O4S. The van der Waals surface area contributed by atoms with Crippen molar-refractivity contribution in [2.75, 3.05) is 20.6 Å². The molecule has 0 radical (unpaired) electrons. The first-order valence-electron chi connectivity index (χ1n) is 5.54. The van der Waals surface area contributed by atoms with Crippen molar-refractivity contribution in [2.24, 2.45) is 0 Å². The molecule has 2 rings (SSSR count). The number of fused-ring (bicyclic) bond motifs is 1. The van der Waals surface area contributed by atoms with E-state index in [1.54, 1.807) is 23.9 Å². The SMILES string of the molecule is CN(C)C(=O)N1C=C2C=CC=C2C1.O=S(=O)(O)C(F)(F)F. The second kappa shape index (κ2) is 5.90. The summed E-state index contributed by atoms with van der Waals surface area (Å²) in [5.74, 6) is 0. The number of halogens is 3. The standard InChI is InChI=1S/C10H12N2O.CHF3O3S/c1-11(2)10(13)12-6-8-4-3-5-9(8)7-12;2-1(3,4)8(5,6)7/h3-6H,7H2,1-2H3;(H,5,6,7). The summed E-state index contributed by atoms with van der Waals surface area (Å²) in [5.41, 5.74) is -3.14. The topological polar surface area (TPSA) is 77.9 Å². The Kier molecular flexibility index (Phi) is 4.84. The van der Waals surface area contributed by atoms with E-state index < -0.39 is 15.6 Å². The largest absolute Gasteiger partial charge is 0.522 e. The lowest BCUT2D eigenvalue weighted by Crippen LogP contribution is -2.34. The summed E-state index contributed by atoms with van der Waals surface area (Å²) in [6, 6.07) is 0.0381. The van der Waals surface area contributed by atoms with Crippen molar-refractivity contribution in [1.29, 1.82) is 0 Å². The van der Waals surface area contributed by atoms with Gasteiger partial charge in [0.2, 0.25) is 0 Å². The van der Waals surface area contributed by atoms with Gasteiger partial charge < -0.3 is 4.90 Å². The van der Waals surface area contributed by atoms with Crippen LogP contribution in [0.4, 0.5) is 18.0 Å². The molecule has 0 atom stereocenters. The third-order valence-corrected chi connectivity index (χ3v) is 3.09. The van der Waals surface area contributed by atoms with Gasteiger partial charge in [0, 0.05) is 20.3 Å². The van der Waals surface area contributed by atoms with E-state index in [-0.39, 0.29) is 6.03 Å². The number of allylic oxidation sites excluding steroid dienone is 3. The average Bonchev–Trinajstić information content (AvgIpc) is 2.85. The van der Waals surface area contributed by atoms with E-state index in [1.807, 2.05) is 18.4 Å². The zero-order valence-electron chi connectivity index (χ0n) is 11.1. The second-order valence-corrected chi connectivity index (χ2v) is 5.77. The lowest BCUT2D eigenvalue weighted by atomic mass is 10.2. The van der Waals surface area contributed by atoms with Gasteiger partial charge in [0.1, 0.15) is 0 Å². The summed E-state index contributed by atoms with van der Waals surface area (Å²) >= 11 is 0. The number of alkyl halides is 3. The van der Waals surface area contributed by atoms with Crippen molar-refractivity contribution in [3.05, 3.63) is 35.6 Å². The van der Waals surface area contributed by atoms with Gasteiger partial charge in [-0.2, -0.15) is 21.6 Å². The molecule has 10 heteroatoms. The van der Waals surface area contributed by atoms with E-state index in [0.29, 0.717) is 6.54 Å². The molecule has 0 unspecified atom stereocenters. The third-order valence-electron chi connectivity index (χ3n) is 2.50. The number of carbonyl (C=O) groups is 1. The highest BCUT2D eigenvalue weighted by Gasteiger charge is 2.44. The second-order valence-electron chi connectivity index (χ2n) is 4.36. The summed E-state index contributed by atoms with van der Waals surface area (Å²) in [6.07, 6.45) is 7.99. The van der Waals surface area contributed by atoms with E-state index in [1.165, 1.54) is 5.57 Å². The van der Waals surface area contributed by atoms with Crippen LogP contribution in [0.5, 0.6) is 0 Å². The summed E-state index contributed by atoms with van der Waals surface area (Å²) in [5, 5.41) is 0. The molecule has 0 fully saturated rings. The lowest BCUT2D eigenvalue weighted by molar-refractivity contribution is -0.0510. The Morgan fingerprint density at radius 2 is 1.90 bits per heavy atom. The van der Waals surface area contributed by atoms with Crippen LogP contribution in [0.1, 0.15) is 0 Å². The molecule has 0 aromatic carbocycles. The third kappa shape index (κ3) is 4.33. The van der Waals surface area contributed by atoms with Gasteiger partial charge in [-0.25, -0.2) is 4.79 Å². The van der Waals surface area contributed by atoms with Gasteiger partial charge in [0.05, 0.1) is 6.54 Å². The zero-order chi connectivity index (χ0) is 16.4. The quantitative estimate of drug-likeness (QED) is 0.543. The monoisotopic (exact) mass is 326 g/mol. The maximum atomic E-state index is 11.5. The molecule has 0 bridgehead atoms. The van der Waals surface area contributed by atoms with Gasteiger partial charge in [-0.15, -0.1) is 0 Å². The number of carbonyl (C=O) groups excluding carboxylic acids is 1. The number of rotatable bonds is 0. The first-order chi connectivity index (χ1) is 9.43. The predicted octanol–water partition coefficient (Wildman–Crippen LogP) is 1.76. The Morgan fingerprint density at radius 1 is 1.38 bits per heavy atom. The van der Waals surface area contributed by atoms with Gasteiger partial charge in [-0.3, -0.25) is 9.45 Å². The molecule has 2 amide bonds. The zero-order valence-corrected chi connectivity index (χ0v) is 11.9. The normalized spacial score (nSPS) is 16.8. The van der Waals surface area contributed by atoms with E-state index in [4.69, 9.17) is 13.0 Å². The van der Waals surface area contributed by atoms with Crippen LogP contribution < -0.4 is 0 Å². The molecule has 2 aliphatic rings. The van der Waals surface area contributed by atoms with Gasteiger partial charge in [-0.05, 0) is 11.1 Å². The molecule has 0 spiro atoms. The summed E-state index contributed by atoms with van der Waals surface area (Å²) in [6.45, 7) is 0.708. The fourth-order valence-corrected chi connectivity index (χ4v) is 1.52. The van der Waals surface area contributed by atoms with Crippen molar-refractivity contribution in [3.63, 3.8) is 0 Å². The van der Waals surface area contributed by atoms with Crippen molar-refractivity contribution in [3.8, 4) is 0 Å². The van der Waals surface area contributed by atoms with E-state index in [2.05, 4.69) is 6.08 Å². The minimum absolute atomic E-state index is 0.0381. The Balaban J connectivity index is 0.000000240. The van der Waals surface area contributed by atoms with Crippen molar-refractivity contribution >= 4 is 16.1 Å². The van der Waals surface area contributed by atoms with Gasteiger partial charge in [-0.1, -0.05) is 18.2 Å². The number of urea groups is 1. The van der Waals surface area contributed by atoms with E-state index >= 15 is 0 Å². The number of nitrogens with zero attached hydrogens (tertiary/aromatic N) is 2. The molecule has 1 aliphatic heterocycles. The maximum absolute atomic E-state index is 11.5. The Labute approximate surface area is 119 Å². The Hall–Kier alpha value is -1.81. The van der Waals surface area contributed by atoms with Crippen molar-refractivity contribution in [2.45, 2.75) is 5.51 Å².